The third-order valence-corrected chi connectivity index (χ3v) is 3.18. The van der Waals surface area contributed by atoms with Crippen molar-refractivity contribution in [3.63, 3.8) is 0 Å². The van der Waals surface area contributed by atoms with Gasteiger partial charge in [-0.1, -0.05) is 32.3 Å². The minimum Gasteiger partial charge on any atom is -0.422 e. The standard InChI is InChI=1S/C15H19NO2/c1-2-3-4-5-7-11-10-12-13(16)8-6-9-14(12)18-15(11)17/h6,8-10H,2-5,7,16H2,1H3. The van der Waals surface area contributed by atoms with Gasteiger partial charge in [-0.2, -0.15) is 0 Å². The van der Waals surface area contributed by atoms with Crippen molar-refractivity contribution in [3.05, 3.63) is 40.2 Å². The maximum Gasteiger partial charge on any atom is 0.339 e. The summed E-state index contributed by atoms with van der Waals surface area (Å²) in [6.45, 7) is 2.17. The van der Waals surface area contributed by atoms with Gasteiger partial charge in [0.1, 0.15) is 5.58 Å². The lowest BCUT2D eigenvalue weighted by molar-refractivity contribution is 0.545. The molecular formula is C15H19NO2. The first kappa shape index (κ1) is 12.7. The number of rotatable bonds is 5. The predicted molar refractivity (Wildman–Crippen MR) is 74.7 cm³/mol. The van der Waals surface area contributed by atoms with Crippen LogP contribution in [0.4, 0.5) is 5.69 Å². The molecule has 0 atom stereocenters. The lowest BCUT2D eigenvalue weighted by Gasteiger charge is -2.04. The molecule has 2 rings (SSSR count). The highest BCUT2D eigenvalue weighted by Gasteiger charge is 2.06. The van der Waals surface area contributed by atoms with Crippen molar-refractivity contribution < 1.29 is 4.42 Å². The van der Waals surface area contributed by atoms with E-state index in [9.17, 15) is 4.79 Å². The van der Waals surface area contributed by atoms with Crippen LogP contribution in [0.1, 0.15) is 38.2 Å². The quantitative estimate of drug-likeness (QED) is 0.498. The van der Waals surface area contributed by atoms with Crippen LogP contribution in [0, 0.1) is 0 Å². The first-order valence-corrected chi connectivity index (χ1v) is 6.53. The van der Waals surface area contributed by atoms with E-state index in [2.05, 4.69) is 6.92 Å². The van der Waals surface area contributed by atoms with Crippen LogP contribution in [0.3, 0.4) is 0 Å². The Hall–Kier alpha value is -1.77. The summed E-state index contributed by atoms with van der Waals surface area (Å²) >= 11 is 0. The molecule has 1 aromatic heterocycles. The molecule has 0 aliphatic heterocycles. The van der Waals surface area contributed by atoms with Gasteiger partial charge in [0.05, 0.1) is 0 Å². The SMILES string of the molecule is CCCCCCc1cc2c(N)cccc2oc1=O. The first-order chi connectivity index (χ1) is 8.72. The van der Waals surface area contributed by atoms with Crippen molar-refractivity contribution in [2.45, 2.75) is 39.0 Å². The molecule has 0 saturated heterocycles. The number of fused-ring (bicyclic) bond motifs is 1. The molecule has 18 heavy (non-hydrogen) atoms. The Morgan fingerprint density at radius 2 is 2.06 bits per heavy atom. The molecular weight excluding hydrogens is 226 g/mol. The van der Waals surface area contributed by atoms with Gasteiger partial charge in [-0.3, -0.25) is 0 Å². The molecule has 2 N–H and O–H groups in total. The van der Waals surface area contributed by atoms with Gasteiger partial charge in [0.15, 0.2) is 0 Å². The second-order valence-corrected chi connectivity index (χ2v) is 4.63. The highest BCUT2D eigenvalue weighted by atomic mass is 16.4. The summed E-state index contributed by atoms with van der Waals surface area (Å²) in [7, 11) is 0. The normalized spacial score (nSPS) is 10.9. The van der Waals surface area contributed by atoms with Crippen molar-refractivity contribution in [2.24, 2.45) is 0 Å². The average molecular weight is 245 g/mol. The van der Waals surface area contributed by atoms with Crippen molar-refractivity contribution in [1.29, 1.82) is 0 Å². The summed E-state index contributed by atoms with van der Waals surface area (Å²) < 4.78 is 5.30. The fourth-order valence-electron chi connectivity index (χ4n) is 2.12. The summed E-state index contributed by atoms with van der Waals surface area (Å²) in [5.74, 6) is 0. The number of benzene rings is 1. The number of aryl methyl sites for hydroxylation is 1. The summed E-state index contributed by atoms with van der Waals surface area (Å²) in [4.78, 5) is 11.8. The van der Waals surface area contributed by atoms with E-state index in [1.807, 2.05) is 12.1 Å². The van der Waals surface area contributed by atoms with E-state index in [1.165, 1.54) is 12.8 Å². The minimum atomic E-state index is -0.232. The van der Waals surface area contributed by atoms with E-state index in [0.29, 0.717) is 11.3 Å². The van der Waals surface area contributed by atoms with Gasteiger partial charge in [-0.25, -0.2) is 4.79 Å². The Morgan fingerprint density at radius 3 is 2.83 bits per heavy atom. The van der Waals surface area contributed by atoms with E-state index < -0.39 is 0 Å². The zero-order valence-electron chi connectivity index (χ0n) is 10.7. The van der Waals surface area contributed by atoms with E-state index in [0.717, 1.165) is 30.2 Å². The Bertz CT molecular complexity index is 587. The van der Waals surface area contributed by atoms with Crippen LogP contribution < -0.4 is 11.4 Å². The van der Waals surface area contributed by atoms with Gasteiger partial charge in [0.25, 0.3) is 0 Å². The molecule has 3 nitrogen and oxygen atoms in total. The molecule has 2 aromatic rings. The molecule has 96 valence electrons. The third-order valence-electron chi connectivity index (χ3n) is 3.18. The topological polar surface area (TPSA) is 56.2 Å². The van der Waals surface area contributed by atoms with E-state index >= 15 is 0 Å². The van der Waals surface area contributed by atoms with Crippen LogP contribution >= 0.6 is 0 Å². The van der Waals surface area contributed by atoms with Crippen LogP contribution in [-0.4, -0.2) is 0 Å². The highest BCUT2D eigenvalue weighted by molar-refractivity contribution is 5.88. The maximum atomic E-state index is 11.8. The molecule has 1 heterocycles. The Balaban J connectivity index is 2.25. The van der Waals surface area contributed by atoms with E-state index in [-0.39, 0.29) is 5.63 Å². The van der Waals surface area contributed by atoms with Crippen molar-refractivity contribution in [2.75, 3.05) is 5.73 Å². The predicted octanol–water partition coefficient (Wildman–Crippen LogP) is 3.50. The van der Waals surface area contributed by atoms with Gasteiger partial charge in [-0.15, -0.1) is 0 Å². The summed E-state index contributed by atoms with van der Waals surface area (Å²) in [6, 6.07) is 7.27. The Kier molecular flexibility index (Phi) is 4.03. The van der Waals surface area contributed by atoms with Crippen LogP contribution in [0.2, 0.25) is 0 Å². The van der Waals surface area contributed by atoms with Crippen molar-refractivity contribution in [3.8, 4) is 0 Å². The van der Waals surface area contributed by atoms with E-state index in [4.69, 9.17) is 10.2 Å². The van der Waals surface area contributed by atoms with Gasteiger partial charge in [0, 0.05) is 16.6 Å². The lowest BCUT2D eigenvalue weighted by Crippen LogP contribution is -2.07. The molecule has 0 amide bonds. The Labute approximate surface area is 107 Å². The van der Waals surface area contributed by atoms with Crippen LogP contribution in [0.25, 0.3) is 11.0 Å². The second kappa shape index (κ2) is 5.71. The van der Waals surface area contributed by atoms with Gasteiger partial charge in [0.2, 0.25) is 0 Å². The van der Waals surface area contributed by atoms with Crippen molar-refractivity contribution >= 4 is 16.7 Å². The molecule has 0 aliphatic carbocycles. The van der Waals surface area contributed by atoms with Crippen LogP contribution in [0.15, 0.2) is 33.5 Å². The third kappa shape index (κ3) is 2.73. The smallest absolute Gasteiger partial charge is 0.339 e. The summed E-state index contributed by atoms with van der Waals surface area (Å²) in [5.41, 5.74) is 7.62. The molecule has 0 radical (unpaired) electrons. The minimum absolute atomic E-state index is 0.232. The molecule has 3 heteroatoms. The number of anilines is 1. The molecule has 0 saturated carbocycles. The average Bonchev–Trinajstić information content (AvgIpc) is 2.36. The van der Waals surface area contributed by atoms with Crippen LogP contribution in [0.5, 0.6) is 0 Å². The monoisotopic (exact) mass is 245 g/mol. The molecule has 1 aromatic carbocycles. The number of unbranched alkanes of at least 4 members (excludes halogenated alkanes) is 3. The number of nitrogens with two attached hydrogens (primary N) is 1. The fourth-order valence-corrected chi connectivity index (χ4v) is 2.12. The largest absolute Gasteiger partial charge is 0.422 e. The number of nitrogen functional groups attached to an aromatic ring is 1. The van der Waals surface area contributed by atoms with Gasteiger partial charge in [-0.05, 0) is 31.0 Å². The lowest BCUT2D eigenvalue weighted by atomic mass is 10.1. The number of hydrogen-bond donors (Lipinski definition) is 1. The van der Waals surface area contributed by atoms with E-state index in [1.54, 1.807) is 12.1 Å². The summed E-state index contributed by atoms with van der Waals surface area (Å²) in [6.07, 6.45) is 5.35. The van der Waals surface area contributed by atoms with Gasteiger partial charge < -0.3 is 10.2 Å². The Morgan fingerprint density at radius 1 is 1.22 bits per heavy atom. The zero-order valence-corrected chi connectivity index (χ0v) is 10.7. The molecule has 0 bridgehead atoms. The number of hydrogen-bond acceptors (Lipinski definition) is 3. The highest BCUT2D eigenvalue weighted by Crippen LogP contribution is 2.20. The second-order valence-electron chi connectivity index (χ2n) is 4.63. The molecule has 0 unspecified atom stereocenters. The fraction of sp³-hybridized carbons (Fsp3) is 0.400. The van der Waals surface area contributed by atoms with Crippen molar-refractivity contribution in [1.82, 2.24) is 0 Å². The first-order valence-electron chi connectivity index (χ1n) is 6.53. The zero-order chi connectivity index (χ0) is 13.0. The van der Waals surface area contributed by atoms with Crippen LogP contribution in [-0.2, 0) is 6.42 Å². The molecule has 0 aliphatic rings. The summed E-state index contributed by atoms with van der Waals surface area (Å²) in [5, 5.41) is 0.836. The molecule has 0 fully saturated rings. The maximum absolute atomic E-state index is 11.8. The molecule has 0 spiro atoms. The van der Waals surface area contributed by atoms with Gasteiger partial charge >= 0.3 is 5.63 Å².